The molecule has 1 aliphatic carbocycles. The molecule has 90 valence electrons. The van der Waals surface area contributed by atoms with Crippen molar-refractivity contribution >= 4 is 0 Å². The highest BCUT2D eigenvalue weighted by Crippen LogP contribution is 2.19. The molecule has 4 nitrogen and oxygen atoms in total. The molecule has 0 amide bonds. The average molecular weight is 222 g/mol. The van der Waals surface area contributed by atoms with Gasteiger partial charge in [-0.3, -0.25) is 0 Å². The van der Waals surface area contributed by atoms with E-state index in [-0.39, 0.29) is 0 Å². The smallest absolute Gasteiger partial charge is 0.140 e. The van der Waals surface area contributed by atoms with Crippen molar-refractivity contribution in [3.8, 4) is 0 Å². The second-order valence-corrected chi connectivity index (χ2v) is 5.09. The zero-order valence-electron chi connectivity index (χ0n) is 10.3. The zero-order valence-corrected chi connectivity index (χ0v) is 10.3. The van der Waals surface area contributed by atoms with Gasteiger partial charge in [-0.05, 0) is 31.6 Å². The van der Waals surface area contributed by atoms with Crippen LogP contribution in [0.25, 0.3) is 0 Å². The van der Waals surface area contributed by atoms with Crippen LogP contribution in [0.15, 0.2) is 6.33 Å². The van der Waals surface area contributed by atoms with Gasteiger partial charge in [-0.1, -0.05) is 13.8 Å². The molecule has 1 fully saturated rings. The number of nitrogens with one attached hydrogen (secondary N) is 1. The first-order valence-corrected chi connectivity index (χ1v) is 6.36. The fraction of sp³-hybridized carbons (Fsp3) is 0.833. The molecule has 0 unspecified atom stereocenters. The Morgan fingerprint density at radius 1 is 1.50 bits per heavy atom. The molecular formula is C12H22N4. The molecule has 1 aromatic heterocycles. The quantitative estimate of drug-likeness (QED) is 0.767. The summed E-state index contributed by atoms with van der Waals surface area (Å²) in [4.78, 5) is 4.30. The first kappa shape index (κ1) is 11.6. The summed E-state index contributed by atoms with van der Waals surface area (Å²) in [5, 5.41) is 7.75. The van der Waals surface area contributed by atoms with Crippen molar-refractivity contribution in [2.24, 2.45) is 5.92 Å². The Morgan fingerprint density at radius 2 is 2.31 bits per heavy atom. The molecule has 0 spiro atoms. The van der Waals surface area contributed by atoms with E-state index in [9.17, 15) is 0 Å². The minimum atomic E-state index is 0.737. The van der Waals surface area contributed by atoms with Crippen LogP contribution in [0.4, 0.5) is 0 Å². The van der Waals surface area contributed by atoms with Gasteiger partial charge in [0.1, 0.15) is 12.2 Å². The van der Waals surface area contributed by atoms with Gasteiger partial charge in [-0.25, -0.2) is 9.67 Å². The predicted octanol–water partition coefficient (Wildman–Crippen LogP) is 1.97. The maximum Gasteiger partial charge on any atom is 0.140 e. The lowest BCUT2D eigenvalue weighted by atomic mass is 10.1. The molecule has 1 heterocycles. The van der Waals surface area contributed by atoms with E-state index in [0.29, 0.717) is 0 Å². The highest BCUT2D eigenvalue weighted by Gasteiger charge is 2.20. The standard InChI is InChI=1S/C12H22N4/c1-10(2)4-3-7-16-12(14-9-15-16)8-13-11-5-6-11/h9-11,13H,3-8H2,1-2H3. The molecule has 0 radical (unpaired) electrons. The molecule has 0 bridgehead atoms. The fourth-order valence-corrected chi connectivity index (χ4v) is 1.78. The lowest BCUT2D eigenvalue weighted by Crippen LogP contribution is -2.19. The lowest BCUT2D eigenvalue weighted by molar-refractivity contribution is 0.471. The molecule has 4 heteroatoms. The number of hydrogen-bond donors (Lipinski definition) is 1. The maximum absolute atomic E-state index is 4.30. The van der Waals surface area contributed by atoms with Gasteiger partial charge in [-0.15, -0.1) is 0 Å². The molecule has 1 aliphatic rings. The third-order valence-electron chi connectivity index (χ3n) is 2.97. The van der Waals surface area contributed by atoms with E-state index in [1.165, 1.54) is 25.7 Å². The molecule has 1 saturated carbocycles. The predicted molar refractivity (Wildman–Crippen MR) is 64.0 cm³/mol. The first-order valence-electron chi connectivity index (χ1n) is 6.36. The van der Waals surface area contributed by atoms with Gasteiger partial charge in [0, 0.05) is 12.6 Å². The van der Waals surface area contributed by atoms with Crippen LogP contribution in [0, 0.1) is 5.92 Å². The van der Waals surface area contributed by atoms with E-state index in [1.54, 1.807) is 6.33 Å². The van der Waals surface area contributed by atoms with E-state index >= 15 is 0 Å². The summed E-state index contributed by atoms with van der Waals surface area (Å²) in [6, 6.07) is 0.737. The maximum atomic E-state index is 4.30. The second-order valence-electron chi connectivity index (χ2n) is 5.09. The summed E-state index contributed by atoms with van der Waals surface area (Å²) in [6.45, 7) is 6.39. The topological polar surface area (TPSA) is 42.7 Å². The molecule has 0 aliphatic heterocycles. The van der Waals surface area contributed by atoms with E-state index < -0.39 is 0 Å². The van der Waals surface area contributed by atoms with Crippen LogP contribution >= 0.6 is 0 Å². The molecule has 0 aromatic carbocycles. The number of nitrogens with zero attached hydrogens (tertiary/aromatic N) is 3. The van der Waals surface area contributed by atoms with Crippen LogP contribution in [0.3, 0.4) is 0 Å². The van der Waals surface area contributed by atoms with Crippen LogP contribution < -0.4 is 5.32 Å². The van der Waals surface area contributed by atoms with Crippen LogP contribution in [-0.4, -0.2) is 20.8 Å². The monoisotopic (exact) mass is 222 g/mol. The normalized spacial score (nSPS) is 15.9. The van der Waals surface area contributed by atoms with Gasteiger partial charge < -0.3 is 5.32 Å². The van der Waals surface area contributed by atoms with E-state index in [4.69, 9.17) is 0 Å². The van der Waals surface area contributed by atoms with Gasteiger partial charge in [0.05, 0.1) is 6.54 Å². The van der Waals surface area contributed by atoms with Crippen molar-refractivity contribution < 1.29 is 0 Å². The highest BCUT2D eigenvalue weighted by atomic mass is 15.3. The second kappa shape index (κ2) is 5.43. The SMILES string of the molecule is CC(C)CCCn1ncnc1CNC1CC1. The largest absolute Gasteiger partial charge is 0.307 e. The van der Waals surface area contributed by atoms with E-state index in [1.807, 2.05) is 4.68 Å². The van der Waals surface area contributed by atoms with Gasteiger partial charge in [0.25, 0.3) is 0 Å². The molecule has 0 saturated heterocycles. The Morgan fingerprint density at radius 3 is 3.00 bits per heavy atom. The summed E-state index contributed by atoms with van der Waals surface area (Å²) < 4.78 is 2.04. The minimum absolute atomic E-state index is 0.737. The molecule has 16 heavy (non-hydrogen) atoms. The third kappa shape index (κ3) is 3.59. The Balaban J connectivity index is 1.76. The Labute approximate surface area is 97.5 Å². The van der Waals surface area contributed by atoms with Gasteiger partial charge in [-0.2, -0.15) is 5.10 Å². The molecule has 1 N–H and O–H groups in total. The third-order valence-corrected chi connectivity index (χ3v) is 2.97. The van der Waals surface area contributed by atoms with Crippen molar-refractivity contribution in [1.82, 2.24) is 20.1 Å². The number of aryl methyl sites for hydroxylation is 1. The minimum Gasteiger partial charge on any atom is -0.307 e. The van der Waals surface area contributed by atoms with E-state index in [0.717, 1.165) is 30.9 Å². The number of aromatic nitrogens is 3. The van der Waals surface area contributed by atoms with Crippen LogP contribution in [0.2, 0.25) is 0 Å². The molecular weight excluding hydrogens is 200 g/mol. The Kier molecular flexibility index (Phi) is 3.93. The van der Waals surface area contributed by atoms with Crippen LogP contribution in [-0.2, 0) is 13.1 Å². The van der Waals surface area contributed by atoms with Crippen molar-refractivity contribution in [3.63, 3.8) is 0 Å². The van der Waals surface area contributed by atoms with Crippen molar-refractivity contribution in [2.45, 2.75) is 58.7 Å². The molecule has 0 atom stereocenters. The van der Waals surface area contributed by atoms with Crippen molar-refractivity contribution in [2.75, 3.05) is 0 Å². The van der Waals surface area contributed by atoms with Crippen LogP contribution in [0.5, 0.6) is 0 Å². The van der Waals surface area contributed by atoms with Crippen molar-refractivity contribution in [3.05, 3.63) is 12.2 Å². The molecule has 1 aromatic rings. The van der Waals surface area contributed by atoms with Gasteiger partial charge >= 0.3 is 0 Å². The number of rotatable bonds is 7. The first-order chi connectivity index (χ1) is 7.75. The van der Waals surface area contributed by atoms with Crippen molar-refractivity contribution in [1.29, 1.82) is 0 Å². The fourth-order valence-electron chi connectivity index (χ4n) is 1.78. The Bertz CT molecular complexity index is 315. The lowest BCUT2D eigenvalue weighted by Gasteiger charge is -2.08. The molecule has 2 rings (SSSR count). The summed E-state index contributed by atoms with van der Waals surface area (Å²) in [5.41, 5.74) is 0. The van der Waals surface area contributed by atoms with Crippen LogP contribution in [0.1, 0.15) is 45.4 Å². The van der Waals surface area contributed by atoms with E-state index in [2.05, 4.69) is 29.2 Å². The Hall–Kier alpha value is -0.900. The van der Waals surface area contributed by atoms with Gasteiger partial charge in [0.15, 0.2) is 0 Å². The highest BCUT2D eigenvalue weighted by molar-refractivity contribution is 4.88. The average Bonchev–Trinajstić information content (AvgIpc) is 2.96. The summed E-state index contributed by atoms with van der Waals surface area (Å²) in [5.74, 6) is 1.85. The number of hydrogen-bond acceptors (Lipinski definition) is 3. The zero-order chi connectivity index (χ0) is 11.4. The summed E-state index contributed by atoms with van der Waals surface area (Å²) in [6.07, 6.45) is 6.76. The summed E-state index contributed by atoms with van der Waals surface area (Å²) >= 11 is 0. The van der Waals surface area contributed by atoms with Gasteiger partial charge in [0.2, 0.25) is 0 Å². The summed E-state index contributed by atoms with van der Waals surface area (Å²) in [7, 11) is 0.